The summed E-state index contributed by atoms with van der Waals surface area (Å²) in [7, 11) is -5.14. The third-order valence-corrected chi connectivity index (χ3v) is 11.7. The summed E-state index contributed by atoms with van der Waals surface area (Å²) in [6.45, 7) is 3.17. The van der Waals surface area contributed by atoms with E-state index in [4.69, 9.17) is 23.3 Å². The maximum absolute atomic E-state index is 12.8. The minimum absolute atomic E-state index is 0.00982. The van der Waals surface area contributed by atoms with Gasteiger partial charge in [0.15, 0.2) is 6.10 Å². The number of allylic oxidation sites excluding steroid dienone is 8. The van der Waals surface area contributed by atoms with E-state index < -0.39 is 75.7 Å². The number of ether oxygens (including phenoxy) is 3. The fourth-order valence-corrected chi connectivity index (χ4v) is 7.79. The molecule has 15 heteroatoms. The van der Waals surface area contributed by atoms with Gasteiger partial charge >= 0.3 is 19.8 Å². The lowest BCUT2D eigenvalue weighted by atomic mass is 9.85. The number of phosphoric ester groups is 1. The van der Waals surface area contributed by atoms with E-state index in [2.05, 4.69) is 62.5 Å². The molecule has 2 rings (SSSR count). The molecule has 2 fully saturated rings. The van der Waals surface area contributed by atoms with Crippen molar-refractivity contribution in [3.8, 4) is 0 Å². The first-order valence-electron chi connectivity index (χ1n) is 23.2. The van der Waals surface area contributed by atoms with Crippen LogP contribution in [-0.4, -0.2) is 111 Å². The van der Waals surface area contributed by atoms with Crippen molar-refractivity contribution < 1.29 is 67.8 Å². The average molecular weight is 899 g/mol. The Bertz CT molecular complexity index is 1380. The number of esters is 2. The van der Waals surface area contributed by atoms with E-state index in [1.165, 1.54) is 38.5 Å². The van der Waals surface area contributed by atoms with Crippen molar-refractivity contribution >= 4 is 19.8 Å². The summed E-state index contributed by atoms with van der Waals surface area (Å²) >= 11 is 0. The summed E-state index contributed by atoms with van der Waals surface area (Å²) in [6, 6.07) is 0. The highest BCUT2D eigenvalue weighted by molar-refractivity contribution is 7.47. The van der Waals surface area contributed by atoms with Gasteiger partial charge in [-0.2, -0.15) is 0 Å². The highest BCUT2D eigenvalue weighted by atomic mass is 31.2. The van der Waals surface area contributed by atoms with Crippen molar-refractivity contribution in [2.45, 2.75) is 210 Å². The number of hydrogen-bond acceptors (Lipinski definition) is 13. The van der Waals surface area contributed by atoms with Gasteiger partial charge in [0.1, 0.15) is 43.2 Å². The molecule has 0 bridgehead atoms. The zero-order valence-electron chi connectivity index (χ0n) is 37.3. The van der Waals surface area contributed by atoms with Gasteiger partial charge in [0, 0.05) is 12.8 Å². The Morgan fingerprint density at radius 1 is 0.565 bits per heavy atom. The maximum atomic E-state index is 12.8. The molecule has 1 aliphatic carbocycles. The zero-order chi connectivity index (χ0) is 45.4. The normalized spacial score (nSPS) is 25.7. The van der Waals surface area contributed by atoms with Crippen molar-refractivity contribution in [3.63, 3.8) is 0 Å². The van der Waals surface area contributed by atoms with Gasteiger partial charge in [0.2, 0.25) is 0 Å². The number of carbonyl (C=O) groups excluding carboxylic acids is 2. The number of hydrogen-bond donors (Lipinski definition) is 6. The summed E-state index contributed by atoms with van der Waals surface area (Å²) in [4.78, 5) is 35.7. The summed E-state index contributed by atoms with van der Waals surface area (Å²) < 4.78 is 39.2. The van der Waals surface area contributed by atoms with Gasteiger partial charge < -0.3 is 44.6 Å². The Hall–Kier alpha value is -2.49. The van der Waals surface area contributed by atoms with Crippen molar-refractivity contribution in [1.82, 2.24) is 0 Å². The molecule has 356 valence electrons. The van der Waals surface area contributed by atoms with Crippen molar-refractivity contribution in [2.24, 2.45) is 0 Å². The first-order chi connectivity index (χ1) is 29.9. The second-order valence-electron chi connectivity index (χ2n) is 16.3. The van der Waals surface area contributed by atoms with Gasteiger partial charge in [-0.25, -0.2) is 4.57 Å². The zero-order valence-corrected chi connectivity index (χ0v) is 38.2. The molecule has 1 saturated carbocycles. The predicted molar refractivity (Wildman–Crippen MR) is 239 cm³/mol. The highest BCUT2D eigenvalue weighted by Crippen LogP contribution is 2.47. The fraction of sp³-hybridized carbons (Fsp3) is 0.745. The minimum Gasteiger partial charge on any atom is -0.462 e. The van der Waals surface area contributed by atoms with E-state index in [1.807, 2.05) is 12.2 Å². The number of unbranched alkanes of at least 4 members (excludes halogenated alkanes) is 12. The molecule has 0 aromatic carbocycles. The molecule has 10 atom stereocenters. The van der Waals surface area contributed by atoms with Gasteiger partial charge in [0.05, 0.1) is 18.8 Å². The topological polar surface area (TPSA) is 222 Å². The van der Waals surface area contributed by atoms with Gasteiger partial charge in [-0.1, -0.05) is 120 Å². The number of phosphoric acid groups is 1. The lowest BCUT2D eigenvalue weighted by Gasteiger charge is -2.41. The highest BCUT2D eigenvalue weighted by Gasteiger charge is 2.51. The van der Waals surface area contributed by atoms with E-state index in [0.29, 0.717) is 25.4 Å². The van der Waals surface area contributed by atoms with Crippen molar-refractivity contribution in [3.05, 3.63) is 60.8 Å². The Balaban J connectivity index is 1.74. The summed E-state index contributed by atoms with van der Waals surface area (Å²) in [5.74, 6) is -1.19. The second-order valence-corrected chi connectivity index (χ2v) is 17.7. The maximum Gasteiger partial charge on any atom is 0.472 e. The molecule has 0 radical (unpaired) electrons. The number of aliphatic hydroxyl groups excluding tert-OH is 5. The van der Waals surface area contributed by atoms with E-state index in [0.717, 1.165) is 70.6 Å². The minimum atomic E-state index is -5.14. The molecular weight excluding hydrogens is 819 g/mol. The smallest absolute Gasteiger partial charge is 0.462 e. The molecular formula is C47H79O14P. The molecule has 0 aromatic rings. The van der Waals surface area contributed by atoms with Crippen LogP contribution in [0.3, 0.4) is 0 Å². The predicted octanol–water partition coefficient (Wildman–Crippen LogP) is 7.93. The lowest BCUT2D eigenvalue weighted by molar-refractivity contribution is -0.220. The Morgan fingerprint density at radius 3 is 1.60 bits per heavy atom. The quantitative estimate of drug-likeness (QED) is 0.0116. The Morgan fingerprint density at radius 2 is 1.02 bits per heavy atom. The van der Waals surface area contributed by atoms with Crippen LogP contribution in [0.15, 0.2) is 60.8 Å². The molecule has 1 heterocycles. The third kappa shape index (κ3) is 25.7. The van der Waals surface area contributed by atoms with Crippen LogP contribution >= 0.6 is 7.82 Å². The van der Waals surface area contributed by atoms with Crippen molar-refractivity contribution in [2.75, 3.05) is 13.2 Å². The van der Waals surface area contributed by atoms with Gasteiger partial charge in [0.25, 0.3) is 0 Å². The third-order valence-electron chi connectivity index (χ3n) is 10.7. The van der Waals surface area contributed by atoms with Crippen LogP contribution in [0.2, 0.25) is 0 Å². The first kappa shape index (κ1) is 55.6. The van der Waals surface area contributed by atoms with Crippen LogP contribution in [0.25, 0.3) is 0 Å². The van der Waals surface area contributed by atoms with Crippen LogP contribution in [0.4, 0.5) is 0 Å². The molecule has 14 nitrogen and oxygen atoms in total. The first-order valence-corrected chi connectivity index (χ1v) is 24.7. The largest absolute Gasteiger partial charge is 0.472 e. The molecule has 0 amide bonds. The molecule has 5 unspecified atom stereocenters. The molecule has 0 aromatic heterocycles. The van der Waals surface area contributed by atoms with Crippen molar-refractivity contribution in [1.29, 1.82) is 0 Å². The molecule has 1 saturated heterocycles. The van der Waals surface area contributed by atoms with Crippen LogP contribution in [0, 0.1) is 0 Å². The number of epoxide rings is 1. The van der Waals surface area contributed by atoms with Crippen LogP contribution < -0.4 is 0 Å². The summed E-state index contributed by atoms with van der Waals surface area (Å²) in [6.07, 6.45) is 28.7. The molecule has 0 spiro atoms. The van der Waals surface area contributed by atoms with Gasteiger partial charge in [-0.15, -0.1) is 0 Å². The van der Waals surface area contributed by atoms with E-state index in [1.54, 1.807) is 0 Å². The molecule has 2 aliphatic rings. The number of carbonyl (C=O) groups is 2. The molecule has 1 aliphatic heterocycles. The van der Waals surface area contributed by atoms with Gasteiger partial charge in [-0.05, 0) is 83.5 Å². The standard InChI is InChI=1S/C47H79O14P/c1-3-5-7-9-11-12-13-14-15-16-17-18-21-25-29-33-40(48)57-35-37(36-58-62(55,56)61-47-45(53)43(51)42(50)44(52)46(47)54)59-41(49)34-30-26-22-19-20-24-28-32-39-38(60-39)31-27-23-10-8-6-4-2/h11-12,14-15,19,22-24,27-28,37-39,42-47,50-54H,3-10,13,16-18,20-21,25-26,29-36H2,1-2H3,(H,55,56)/b12-11-,15-14-,22-19-,27-23-,28-24-/t37-,38?,39?,42?,43-,44+,45-,46-,47?/m1/s1. The van der Waals surface area contributed by atoms with E-state index in [9.17, 15) is 44.6 Å². The van der Waals surface area contributed by atoms with E-state index >= 15 is 0 Å². The number of rotatable bonds is 36. The monoisotopic (exact) mass is 899 g/mol. The Labute approximate surface area is 370 Å². The van der Waals surface area contributed by atoms with Crippen LogP contribution in [-0.2, 0) is 37.4 Å². The number of aliphatic hydroxyl groups is 5. The second kappa shape index (κ2) is 33.9. The summed E-state index contributed by atoms with van der Waals surface area (Å²) in [5, 5.41) is 50.2. The van der Waals surface area contributed by atoms with Crippen LogP contribution in [0.1, 0.15) is 155 Å². The Kier molecular flexibility index (Phi) is 30.5. The molecule has 6 N–H and O–H groups in total. The van der Waals surface area contributed by atoms with Crippen LogP contribution in [0.5, 0.6) is 0 Å². The molecule has 62 heavy (non-hydrogen) atoms. The van der Waals surface area contributed by atoms with E-state index in [-0.39, 0.29) is 18.9 Å². The SMILES string of the molecule is CCCCC/C=C\C/C=C\CCCCCCCC(=O)OC[C@H](COP(=O)(O)OC1[C@H](O)[C@H](O)C(O)[C@H](O)[C@H]1O)OC(=O)CCC/C=C\C/C=C\CC1OC1C/C=C\CCCCC. The average Bonchev–Trinajstić information content (AvgIpc) is 4.01. The lowest BCUT2D eigenvalue weighted by Crippen LogP contribution is -2.64. The fourth-order valence-electron chi connectivity index (χ4n) is 6.82. The van der Waals surface area contributed by atoms with Gasteiger partial charge in [-0.3, -0.25) is 18.6 Å². The summed E-state index contributed by atoms with van der Waals surface area (Å²) in [5.41, 5.74) is 0.